The smallest absolute Gasteiger partial charge is 0.277 e. The molecular formula is C25H25F4N3O4S. The largest absolute Gasteiger partial charge is 0.381 e. The molecule has 2 aromatic rings. The second-order valence-electron chi connectivity index (χ2n) is 9.76. The van der Waals surface area contributed by atoms with E-state index in [-0.39, 0.29) is 45.7 Å². The van der Waals surface area contributed by atoms with Gasteiger partial charge in [0.25, 0.3) is 12.3 Å². The standard InChI is InChI=1S/C25H25F4N3O4S/c1-37(34,35)22-7-13(14-3-2-6-36-12-14)4-5-17(22)31-18-8-15(9-21(33)16-11-25(16,28)29)30-19-10-20(24(26)27)32-23(18)19/h4-5,7-8,14,16,24H,2-3,6,9-12H2,1H3,(H,30,31)/t14-,16?/m1/s1. The van der Waals surface area contributed by atoms with Crippen molar-refractivity contribution in [1.82, 2.24) is 4.98 Å². The third-order valence-electron chi connectivity index (χ3n) is 6.85. The highest BCUT2D eigenvalue weighted by Crippen LogP contribution is 2.49. The van der Waals surface area contributed by atoms with Crippen molar-refractivity contribution in [2.24, 2.45) is 10.9 Å². The van der Waals surface area contributed by atoms with Crippen LogP contribution in [-0.2, 0) is 32.2 Å². The summed E-state index contributed by atoms with van der Waals surface area (Å²) in [5.74, 6) is -5.05. The van der Waals surface area contributed by atoms with Crippen LogP contribution in [0.1, 0.15) is 42.1 Å². The van der Waals surface area contributed by atoms with Crippen LogP contribution in [0.4, 0.5) is 34.6 Å². The number of pyridine rings is 1. The summed E-state index contributed by atoms with van der Waals surface area (Å²) < 4.78 is 84.5. The Hall–Kier alpha value is -2.86. The number of carbonyl (C=O) groups excluding carboxylic acids is 1. The third-order valence-corrected chi connectivity index (χ3v) is 7.99. The summed E-state index contributed by atoms with van der Waals surface area (Å²) in [5.41, 5.74) is 1.15. The van der Waals surface area contributed by atoms with E-state index in [1.165, 1.54) is 6.07 Å². The van der Waals surface area contributed by atoms with E-state index in [4.69, 9.17) is 4.74 Å². The van der Waals surface area contributed by atoms with Crippen LogP contribution < -0.4 is 5.32 Å². The maximum absolute atomic E-state index is 13.4. The van der Waals surface area contributed by atoms with Crippen LogP contribution in [0.3, 0.4) is 0 Å². The van der Waals surface area contributed by atoms with Gasteiger partial charge in [-0.25, -0.2) is 31.0 Å². The molecule has 1 saturated heterocycles. The first-order valence-corrected chi connectivity index (χ1v) is 13.8. The molecule has 1 aromatic heterocycles. The van der Waals surface area contributed by atoms with Gasteiger partial charge in [-0.05, 0) is 36.6 Å². The van der Waals surface area contributed by atoms with Crippen molar-refractivity contribution in [3.05, 3.63) is 41.2 Å². The SMILES string of the molecule is CS(=O)(=O)c1cc([C@@H]2CCCOC2)ccc1Nc1cc(CC(=O)C2CC2(F)F)nc2c1N=C(C(F)F)C2. The molecule has 1 aliphatic carbocycles. The Morgan fingerprint density at radius 1 is 1.24 bits per heavy atom. The zero-order valence-corrected chi connectivity index (χ0v) is 20.8. The zero-order valence-electron chi connectivity index (χ0n) is 19.9. The van der Waals surface area contributed by atoms with Gasteiger partial charge < -0.3 is 10.1 Å². The highest BCUT2D eigenvalue weighted by Gasteiger charge is 2.60. The van der Waals surface area contributed by atoms with Gasteiger partial charge in [-0.1, -0.05) is 6.07 Å². The summed E-state index contributed by atoms with van der Waals surface area (Å²) in [7, 11) is -3.71. The molecule has 3 aliphatic rings. The maximum atomic E-state index is 13.4. The van der Waals surface area contributed by atoms with Gasteiger partial charge in [-0.2, -0.15) is 0 Å². The van der Waals surface area contributed by atoms with Crippen molar-refractivity contribution in [2.45, 2.75) is 55.3 Å². The Morgan fingerprint density at radius 3 is 2.62 bits per heavy atom. The molecule has 1 N–H and O–H groups in total. The molecule has 12 heteroatoms. The minimum atomic E-state index is -3.71. The molecule has 5 rings (SSSR count). The van der Waals surface area contributed by atoms with Gasteiger partial charge in [0.2, 0.25) is 0 Å². The van der Waals surface area contributed by atoms with Gasteiger partial charge in [0.05, 0.1) is 45.9 Å². The van der Waals surface area contributed by atoms with E-state index < -0.39 is 52.4 Å². The van der Waals surface area contributed by atoms with Gasteiger partial charge in [0.15, 0.2) is 9.84 Å². The summed E-state index contributed by atoms with van der Waals surface area (Å²) in [4.78, 5) is 20.6. The molecule has 2 atom stereocenters. The predicted octanol–water partition coefficient (Wildman–Crippen LogP) is 4.78. The summed E-state index contributed by atoms with van der Waals surface area (Å²) in [6, 6.07) is 6.33. The maximum Gasteiger partial charge on any atom is 0.277 e. The number of ether oxygens (including phenoxy) is 1. The van der Waals surface area contributed by atoms with E-state index in [1.807, 2.05) is 0 Å². The number of nitrogens with one attached hydrogen (secondary N) is 1. The zero-order chi connectivity index (χ0) is 26.5. The van der Waals surface area contributed by atoms with Gasteiger partial charge in [-0.3, -0.25) is 9.78 Å². The molecule has 1 aromatic carbocycles. The van der Waals surface area contributed by atoms with Crippen molar-refractivity contribution in [1.29, 1.82) is 0 Å². The lowest BCUT2D eigenvalue weighted by atomic mass is 9.93. The monoisotopic (exact) mass is 539 g/mol. The number of carbonyl (C=O) groups is 1. The number of anilines is 2. The Balaban J connectivity index is 1.51. The Labute approximate surface area is 211 Å². The molecule has 2 fully saturated rings. The van der Waals surface area contributed by atoms with E-state index in [2.05, 4.69) is 15.3 Å². The van der Waals surface area contributed by atoms with Crippen LogP contribution in [-0.4, -0.2) is 56.7 Å². The minimum absolute atomic E-state index is 0.00689. The Morgan fingerprint density at radius 2 is 2.00 bits per heavy atom. The average Bonchev–Trinajstić information content (AvgIpc) is 3.27. The molecule has 3 heterocycles. The molecule has 0 spiro atoms. The third kappa shape index (κ3) is 5.40. The number of sulfone groups is 1. The Kier molecular flexibility index (Phi) is 6.59. The lowest BCUT2D eigenvalue weighted by Gasteiger charge is -2.23. The molecular weight excluding hydrogens is 514 g/mol. The second-order valence-corrected chi connectivity index (χ2v) is 11.7. The van der Waals surface area contributed by atoms with E-state index in [1.54, 1.807) is 18.2 Å². The van der Waals surface area contributed by atoms with E-state index in [0.29, 0.717) is 13.2 Å². The van der Waals surface area contributed by atoms with Crippen LogP contribution in [0.15, 0.2) is 34.2 Å². The number of halogens is 4. The molecule has 37 heavy (non-hydrogen) atoms. The van der Waals surface area contributed by atoms with Gasteiger partial charge in [0, 0.05) is 38.0 Å². The molecule has 0 amide bonds. The van der Waals surface area contributed by atoms with Crippen LogP contribution in [0.25, 0.3) is 0 Å². The molecule has 0 radical (unpaired) electrons. The number of hydrogen-bond donors (Lipinski definition) is 1. The fraction of sp³-hybridized carbons (Fsp3) is 0.480. The first-order chi connectivity index (χ1) is 17.4. The van der Waals surface area contributed by atoms with Crippen LogP contribution in [0, 0.1) is 5.92 Å². The number of nitrogens with zero attached hydrogens (tertiary/aromatic N) is 2. The molecule has 198 valence electrons. The fourth-order valence-electron chi connectivity index (χ4n) is 4.78. The van der Waals surface area contributed by atoms with Crippen molar-refractivity contribution >= 4 is 38.4 Å². The van der Waals surface area contributed by atoms with Crippen LogP contribution in [0.5, 0.6) is 0 Å². The number of benzene rings is 1. The lowest BCUT2D eigenvalue weighted by molar-refractivity contribution is -0.121. The molecule has 1 unspecified atom stereocenters. The highest BCUT2D eigenvalue weighted by atomic mass is 32.2. The van der Waals surface area contributed by atoms with Gasteiger partial charge >= 0.3 is 0 Å². The number of aromatic nitrogens is 1. The number of Topliss-reactive ketones (excluding diaryl/α,β-unsaturated/α-hetero) is 1. The van der Waals surface area contributed by atoms with Crippen molar-refractivity contribution in [3.8, 4) is 0 Å². The number of aliphatic imine (C=N–C) groups is 1. The van der Waals surface area contributed by atoms with E-state index >= 15 is 0 Å². The second kappa shape index (κ2) is 9.46. The summed E-state index contributed by atoms with van der Waals surface area (Å²) in [6.07, 6.45) is -1.22. The quantitative estimate of drug-likeness (QED) is 0.485. The van der Waals surface area contributed by atoms with Crippen LogP contribution in [0.2, 0.25) is 0 Å². The van der Waals surface area contributed by atoms with Crippen molar-refractivity contribution in [3.63, 3.8) is 0 Å². The van der Waals surface area contributed by atoms with Crippen molar-refractivity contribution < 1.29 is 35.5 Å². The predicted molar refractivity (Wildman–Crippen MR) is 128 cm³/mol. The summed E-state index contributed by atoms with van der Waals surface area (Å²) in [6.45, 7) is 1.14. The fourth-order valence-corrected chi connectivity index (χ4v) is 5.65. The first kappa shape index (κ1) is 25.8. The van der Waals surface area contributed by atoms with Gasteiger partial charge in [0.1, 0.15) is 11.5 Å². The van der Waals surface area contributed by atoms with Gasteiger partial charge in [-0.15, -0.1) is 0 Å². The molecule has 7 nitrogen and oxygen atoms in total. The lowest BCUT2D eigenvalue weighted by Crippen LogP contribution is -2.16. The molecule has 0 bridgehead atoms. The molecule has 1 saturated carbocycles. The van der Waals surface area contributed by atoms with Crippen LogP contribution >= 0.6 is 0 Å². The Bertz CT molecular complexity index is 1390. The van der Waals surface area contributed by atoms with E-state index in [9.17, 15) is 30.8 Å². The summed E-state index contributed by atoms with van der Waals surface area (Å²) >= 11 is 0. The number of hydrogen-bond acceptors (Lipinski definition) is 7. The number of fused-ring (bicyclic) bond motifs is 1. The van der Waals surface area contributed by atoms with Crippen molar-refractivity contribution in [2.75, 3.05) is 24.8 Å². The number of rotatable bonds is 8. The number of alkyl halides is 4. The highest BCUT2D eigenvalue weighted by molar-refractivity contribution is 7.90. The minimum Gasteiger partial charge on any atom is -0.381 e. The topological polar surface area (TPSA) is 97.7 Å². The van der Waals surface area contributed by atoms with E-state index in [0.717, 1.165) is 24.7 Å². The first-order valence-electron chi connectivity index (χ1n) is 11.9. The average molecular weight is 540 g/mol. The normalized spacial score (nSPS) is 22.5. The number of ketones is 1. The summed E-state index contributed by atoms with van der Waals surface area (Å²) in [5, 5.41) is 2.98. The molecule has 2 aliphatic heterocycles.